The second-order valence-corrected chi connectivity index (χ2v) is 5.99. The van der Waals surface area contributed by atoms with Crippen molar-refractivity contribution in [2.24, 2.45) is 0 Å². The van der Waals surface area contributed by atoms with Crippen LogP contribution in [0.5, 0.6) is 5.75 Å². The maximum absolute atomic E-state index is 5.36. The molecule has 0 aromatic heterocycles. The van der Waals surface area contributed by atoms with E-state index in [-0.39, 0.29) is 6.04 Å². The lowest BCUT2D eigenvalue weighted by molar-refractivity contribution is 0.411. The van der Waals surface area contributed by atoms with Gasteiger partial charge in [0.15, 0.2) is 0 Å². The molecule has 2 nitrogen and oxygen atoms in total. The van der Waals surface area contributed by atoms with Crippen LogP contribution in [0.4, 0.5) is 0 Å². The monoisotopic (exact) mass is 347 g/mol. The van der Waals surface area contributed by atoms with Crippen molar-refractivity contribution in [2.45, 2.75) is 26.8 Å². The maximum Gasteiger partial charge on any atom is 0.121 e. The fraction of sp³-hybridized carbons (Fsp3) is 0.333. The standard InChI is InChI=1S/C18H22BrNO/c1-5-20-18(15-8-6-7-12(2)17(15)19)14-9-10-16(21-4)13(3)11-14/h6-11,18,20H,5H2,1-4H3. The number of hydrogen-bond acceptors (Lipinski definition) is 2. The van der Waals surface area contributed by atoms with Crippen LogP contribution >= 0.6 is 15.9 Å². The van der Waals surface area contributed by atoms with Crippen molar-refractivity contribution in [3.05, 3.63) is 63.1 Å². The van der Waals surface area contributed by atoms with Crippen molar-refractivity contribution in [3.63, 3.8) is 0 Å². The molecular formula is C18H22BrNO. The molecule has 0 spiro atoms. The highest BCUT2D eigenvalue weighted by Crippen LogP contribution is 2.32. The molecule has 21 heavy (non-hydrogen) atoms. The molecule has 0 bridgehead atoms. The van der Waals surface area contributed by atoms with Crippen LogP contribution in [0, 0.1) is 13.8 Å². The third kappa shape index (κ3) is 3.47. The normalized spacial score (nSPS) is 12.2. The molecule has 2 aromatic carbocycles. The largest absolute Gasteiger partial charge is 0.496 e. The third-order valence-corrected chi connectivity index (χ3v) is 4.78. The first-order valence-corrected chi connectivity index (χ1v) is 8.00. The van der Waals surface area contributed by atoms with Crippen LogP contribution in [-0.2, 0) is 0 Å². The van der Waals surface area contributed by atoms with E-state index in [0.717, 1.165) is 17.9 Å². The average Bonchev–Trinajstić information content (AvgIpc) is 2.48. The van der Waals surface area contributed by atoms with Crippen molar-refractivity contribution < 1.29 is 4.74 Å². The van der Waals surface area contributed by atoms with Gasteiger partial charge in [-0.05, 0) is 48.7 Å². The van der Waals surface area contributed by atoms with Crippen LogP contribution in [0.15, 0.2) is 40.9 Å². The molecule has 1 N–H and O–H groups in total. The number of rotatable bonds is 5. The van der Waals surface area contributed by atoms with Gasteiger partial charge in [-0.15, -0.1) is 0 Å². The van der Waals surface area contributed by atoms with Crippen LogP contribution in [0.2, 0.25) is 0 Å². The van der Waals surface area contributed by atoms with E-state index in [1.54, 1.807) is 7.11 Å². The van der Waals surface area contributed by atoms with Crippen LogP contribution in [0.25, 0.3) is 0 Å². The fourth-order valence-corrected chi connectivity index (χ4v) is 3.08. The Hall–Kier alpha value is -1.32. The first-order valence-electron chi connectivity index (χ1n) is 7.21. The number of nitrogens with one attached hydrogen (secondary N) is 1. The Kier molecular flexibility index (Phi) is 5.43. The average molecular weight is 348 g/mol. The Bertz CT molecular complexity index is 625. The Morgan fingerprint density at radius 2 is 1.90 bits per heavy atom. The molecule has 0 aliphatic heterocycles. The number of ether oxygens (including phenoxy) is 1. The summed E-state index contributed by atoms with van der Waals surface area (Å²) in [7, 11) is 1.71. The van der Waals surface area contributed by atoms with Crippen LogP contribution in [-0.4, -0.2) is 13.7 Å². The second kappa shape index (κ2) is 7.10. The SMILES string of the molecule is CCNC(c1ccc(OC)c(C)c1)c1cccc(C)c1Br. The van der Waals surface area contributed by atoms with E-state index in [9.17, 15) is 0 Å². The van der Waals surface area contributed by atoms with Crippen molar-refractivity contribution in [2.75, 3.05) is 13.7 Å². The minimum atomic E-state index is 0.175. The zero-order valence-corrected chi connectivity index (χ0v) is 14.6. The quantitative estimate of drug-likeness (QED) is 0.840. The van der Waals surface area contributed by atoms with Crippen molar-refractivity contribution in [1.82, 2.24) is 5.32 Å². The first kappa shape index (κ1) is 16.1. The van der Waals surface area contributed by atoms with Crippen LogP contribution in [0.3, 0.4) is 0 Å². The number of hydrogen-bond donors (Lipinski definition) is 1. The smallest absolute Gasteiger partial charge is 0.121 e. The maximum atomic E-state index is 5.36. The molecule has 0 saturated carbocycles. The summed E-state index contributed by atoms with van der Waals surface area (Å²) in [5, 5.41) is 3.58. The van der Waals surface area contributed by atoms with E-state index in [1.807, 2.05) is 6.07 Å². The molecule has 0 aliphatic rings. The highest BCUT2D eigenvalue weighted by molar-refractivity contribution is 9.10. The number of benzene rings is 2. The zero-order valence-electron chi connectivity index (χ0n) is 13.0. The van der Waals surface area contributed by atoms with E-state index < -0.39 is 0 Å². The first-order chi connectivity index (χ1) is 10.1. The second-order valence-electron chi connectivity index (χ2n) is 5.20. The van der Waals surface area contributed by atoms with E-state index in [1.165, 1.54) is 21.2 Å². The topological polar surface area (TPSA) is 21.3 Å². The van der Waals surface area contributed by atoms with Crippen LogP contribution in [0.1, 0.15) is 35.2 Å². The highest BCUT2D eigenvalue weighted by atomic mass is 79.9. The lowest BCUT2D eigenvalue weighted by Crippen LogP contribution is -2.22. The van der Waals surface area contributed by atoms with Gasteiger partial charge < -0.3 is 10.1 Å². The van der Waals surface area contributed by atoms with Gasteiger partial charge in [0.25, 0.3) is 0 Å². The summed E-state index contributed by atoms with van der Waals surface area (Å²) in [6, 6.07) is 12.9. The van der Waals surface area contributed by atoms with Gasteiger partial charge in [0.05, 0.1) is 13.2 Å². The molecule has 2 rings (SSSR count). The molecule has 0 heterocycles. The fourth-order valence-electron chi connectivity index (χ4n) is 2.59. The lowest BCUT2D eigenvalue weighted by Gasteiger charge is -2.22. The summed E-state index contributed by atoms with van der Waals surface area (Å²) < 4.78 is 6.53. The molecular weight excluding hydrogens is 326 g/mol. The van der Waals surface area contributed by atoms with E-state index in [0.29, 0.717) is 0 Å². The van der Waals surface area contributed by atoms with E-state index >= 15 is 0 Å². The van der Waals surface area contributed by atoms with E-state index in [4.69, 9.17) is 4.74 Å². The van der Waals surface area contributed by atoms with Gasteiger partial charge in [0.1, 0.15) is 5.75 Å². The summed E-state index contributed by atoms with van der Waals surface area (Å²) in [6.45, 7) is 7.25. The van der Waals surface area contributed by atoms with Crippen molar-refractivity contribution in [3.8, 4) is 5.75 Å². The van der Waals surface area contributed by atoms with Gasteiger partial charge in [-0.25, -0.2) is 0 Å². The van der Waals surface area contributed by atoms with Gasteiger partial charge in [-0.2, -0.15) is 0 Å². The summed E-state index contributed by atoms with van der Waals surface area (Å²) in [5.74, 6) is 0.928. The Morgan fingerprint density at radius 3 is 2.52 bits per heavy atom. The summed E-state index contributed by atoms with van der Waals surface area (Å²) in [6.07, 6.45) is 0. The minimum Gasteiger partial charge on any atom is -0.496 e. The summed E-state index contributed by atoms with van der Waals surface area (Å²) in [4.78, 5) is 0. The minimum absolute atomic E-state index is 0.175. The van der Waals surface area contributed by atoms with Crippen molar-refractivity contribution in [1.29, 1.82) is 0 Å². The summed E-state index contributed by atoms with van der Waals surface area (Å²) in [5.41, 5.74) is 4.92. The van der Waals surface area contributed by atoms with E-state index in [2.05, 4.69) is 72.3 Å². The summed E-state index contributed by atoms with van der Waals surface area (Å²) >= 11 is 3.73. The molecule has 1 atom stereocenters. The molecule has 2 aromatic rings. The third-order valence-electron chi connectivity index (χ3n) is 3.69. The molecule has 112 valence electrons. The highest BCUT2D eigenvalue weighted by Gasteiger charge is 2.17. The van der Waals surface area contributed by atoms with Gasteiger partial charge in [-0.1, -0.05) is 53.2 Å². The molecule has 0 aliphatic carbocycles. The molecule has 1 unspecified atom stereocenters. The number of methoxy groups -OCH3 is 1. The number of aryl methyl sites for hydroxylation is 2. The Labute approximate surface area is 135 Å². The molecule has 0 saturated heterocycles. The predicted molar refractivity (Wildman–Crippen MR) is 92.1 cm³/mol. The van der Waals surface area contributed by atoms with Gasteiger partial charge in [-0.3, -0.25) is 0 Å². The van der Waals surface area contributed by atoms with Crippen LogP contribution < -0.4 is 10.1 Å². The van der Waals surface area contributed by atoms with Gasteiger partial charge in [0, 0.05) is 4.47 Å². The predicted octanol–water partition coefficient (Wildman–Crippen LogP) is 4.77. The van der Waals surface area contributed by atoms with Crippen molar-refractivity contribution >= 4 is 15.9 Å². The molecule has 0 radical (unpaired) electrons. The number of halogens is 1. The zero-order chi connectivity index (χ0) is 15.4. The van der Waals surface area contributed by atoms with Gasteiger partial charge in [0.2, 0.25) is 0 Å². The molecule has 3 heteroatoms. The molecule has 0 fully saturated rings. The Balaban J connectivity index is 2.48. The molecule has 0 amide bonds. The van der Waals surface area contributed by atoms with Gasteiger partial charge >= 0.3 is 0 Å². The Morgan fingerprint density at radius 1 is 1.14 bits per heavy atom. The lowest BCUT2D eigenvalue weighted by atomic mass is 9.96.